The summed E-state index contributed by atoms with van der Waals surface area (Å²) in [6.07, 6.45) is -2.86. The topological polar surface area (TPSA) is 39.2 Å². The molecule has 82 valence electrons. The summed E-state index contributed by atoms with van der Waals surface area (Å²) in [6.45, 7) is 1.49. The van der Waals surface area contributed by atoms with Gasteiger partial charge in [0.2, 0.25) is 5.88 Å². The molecule has 1 aromatic rings. The minimum absolute atomic E-state index is 0.0319. The normalized spacial score (nSPS) is 10.5. The molecular weight excluding hydrogens is 228 g/mol. The van der Waals surface area contributed by atoms with Crippen molar-refractivity contribution in [2.45, 2.75) is 13.3 Å². The average molecular weight is 236 g/mol. The fourth-order valence-electron chi connectivity index (χ4n) is 1.18. The minimum Gasteiger partial charge on any atom is -0.481 e. The Hall–Kier alpha value is -1.23. The molecule has 0 atom stereocenters. The van der Waals surface area contributed by atoms with E-state index in [0.29, 0.717) is 5.56 Å². The SMILES string of the molecule is COc1cc(C)c(C(=O)Cl)c(C(F)F)n1. The third-order valence-electron chi connectivity index (χ3n) is 1.83. The van der Waals surface area contributed by atoms with Crippen molar-refractivity contribution in [2.24, 2.45) is 0 Å². The van der Waals surface area contributed by atoms with Crippen LogP contribution in [0.5, 0.6) is 5.88 Å². The van der Waals surface area contributed by atoms with Gasteiger partial charge in [-0.2, -0.15) is 0 Å². The second-order valence-corrected chi connectivity index (χ2v) is 3.16. The number of rotatable bonds is 3. The van der Waals surface area contributed by atoms with Crippen molar-refractivity contribution >= 4 is 16.8 Å². The van der Waals surface area contributed by atoms with Crippen LogP contribution < -0.4 is 4.74 Å². The van der Waals surface area contributed by atoms with E-state index >= 15 is 0 Å². The summed E-state index contributed by atoms with van der Waals surface area (Å²) < 4.78 is 29.8. The van der Waals surface area contributed by atoms with Gasteiger partial charge in [0.1, 0.15) is 5.69 Å². The van der Waals surface area contributed by atoms with E-state index < -0.39 is 17.4 Å². The summed E-state index contributed by atoms with van der Waals surface area (Å²) in [5, 5.41) is -0.946. The molecule has 6 heteroatoms. The van der Waals surface area contributed by atoms with Crippen LogP contribution in [-0.4, -0.2) is 17.3 Å². The number of methoxy groups -OCH3 is 1. The second kappa shape index (κ2) is 4.53. The van der Waals surface area contributed by atoms with Crippen molar-refractivity contribution in [3.05, 3.63) is 22.9 Å². The number of ether oxygens (including phenoxy) is 1. The molecule has 0 aliphatic carbocycles. The number of alkyl halides is 2. The lowest BCUT2D eigenvalue weighted by molar-refractivity contribution is 0.106. The van der Waals surface area contributed by atoms with E-state index in [1.165, 1.54) is 20.1 Å². The van der Waals surface area contributed by atoms with Crippen LogP contribution in [0.2, 0.25) is 0 Å². The van der Waals surface area contributed by atoms with Gasteiger partial charge in [0.25, 0.3) is 11.7 Å². The molecule has 1 rings (SSSR count). The van der Waals surface area contributed by atoms with E-state index in [1.807, 2.05) is 0 Å². The number of hydrogen-bond acceptors (Lipinski definition) is 3. The third kappa shape index (κ3) is 2.41. The quantitative estimate of drug-likeness (QED) is 0.756. The van der Waals surface area contributed by atoms with E-state index in [1.54, 1.807) is 0 Å². The molecule has 0 radical (unpaired) electrons. The average Bonchev–Trinajstić information content (AvgIpc) is 2.15. The first kappa shape index (κ1) is 11.8. The number of pyridine rings is 1. The molecule has 0 saturated carbocycles. The molecule has 1 aromatic heterocycles. The molecule has 0 bridgehead atoms. The van der Waals surface area contributed by atoms with E-state index in [-0.39, 0.29) is 11.4 Å². The Bertz CT molecular complexity index is 396. The molecule has 0 unspecified atom stereocenters. The Morgan fingerprint density at radius 2 is 2.20 bits per heavy atom. The highest BCUT2D eigenvalue weighted by atomic mass is 35.5. The van der Waals surface area contributed by atoms with Crippen molar-refractivity contribution in [1.29, 1.82) is 0 Å². The lowest BCUT2D eigenvalue weighted by atomic mass is 10.1. The van der Waals surface area contributed by atoms with Crippen LogP contribution in [0.25, 0.3) is 0 Å². The van der Waals surface area contributed by atoms with Gasteiger partial charge in [-0.1, -0.05) is 0 Å². The number of aromatic nitrogens is 1. The van der Waals surface area contributed by atoms with Crippen molar-refractivity contribution in [3.8, 4) is 5.88 Å². The van der Waals surface area contributed by atoms with Crippen molar-refractivity contribution in [2.75, 3.05) is 7.11 Å². The molecule has 0 amide bonds. The highest BCUT2D eigenvalue weighted by Crippen LogP contribution is 2.27. The van der Waals surface area contributed by atoms with Gasteiger partial charge < -0.3 is 4.74 Å². The molecule has 3 nitrogen and oxygen atoms in total. The van der Waals surface area contributed by atoms with Crippen molar-refractivity contribution in [1.82, 2.24) is 4.98 Å². The van der Waals surface area contributed by atoms with E-state index in [9.17, 15) is 13.6 Å². The number of aryl methyl sites for hydroxylation is 1. The third-order valence-corrected chi connectivity index (χ3v) is 2.02. The number of carbonyl (C=O) groups excluding carboxylic acids is 1. The van der Waals surface area contributed by atoms with Gasteiger partial charge in [-0.05, 0) is 24.1 Å². The molecule has 0 spiro atoms. The molecule has 0 aliphatic heterocycles. The lowest BCUT2D eigenvalue weighted by Crippen LogP contribution is -2.06. The van der Waals surface area contributed by atoms with E-state index in [4.69, 9.17) is 16.3 Å². The smallest absolute Gasteiger partial charge is 0.281 e. The number of nitrogens with zero attached hydrogens (tertiary/aromatic N) is 1. The predicted molar refractivity (Wildman–Crippen MR) is 50.7 cm³/mol. The second-order valence-electron chi connectivity index (χ2n) is 2.82. The van der Waals surface area contributed by atoms with Gasteiger partial charge >= 0.3 is 0 Å². The maximum absolute atomic E-state index is 12.6. The van der Waals surface area contributed by atoms with Gasteiger partial charge in [0.15, 0.2) is 0 Å². The fraction of sp³-hybridized carbons (Fsp3) is 0.333. The van der Waals surface area contributed by atoms with Crippen LogP contribution in [-0.2, 0) is 0 Å². The molecule has 0 aliphatic rings. The Kier molecular flexibility index (Phi) is 3.57. The predicted octanol–water partition coefficient (Wildman–Crippen LogP) is 2.72. The Labute approximate surface area is 90.0 Å². The first-order chi connectivity index (χ1) is 6.97. The highest BCUT2D eigenvalue weighted by Gasteiger charge is 2.22. The van der Waals surface area contributed by atoms with Crippen molar-refractivity contribution < 1.29 is 18.3 Å². The Morgan fingerprint density at radius 3 is 2.60 bits per heavy atom. The zero-order valence-corrected chi connectivity index (χ0v) is 8.81. The maximum Gasteiger partial charge on any atom is 0.281 e. The number of halogens is 3. The minimum atomic E-state index is -2.86. The zero-order chi connectivity index (χ0) is 11.6. The molecule has 0 N–H and O–H groups in total. The highest BCUT2D eigenvalue weighted by molar-refractivity contribution is 6.68. The number of carbonyl (C=O) groups is 1. The van der Waals surface area contributed by atoms with Crippen LogP contribution in [0.3, 0.4) is 0 Å². The maximum atomic E-state index is 12.6. The summed E-state index contributed by atoms with van der Waals surface area (Å²) in [5.74, 6) is 0.0319. The molecule has 0 saturated heterocycles. The zero-order valence-electron chi connectivity index (χ0n) is 8.05. The Balaban J connectivity index is 3.42. The van der Waals surface area contributed by atoms with Crippen LogP contribution in [0.4, 0.5) is 8.78 Å². The summed E-state index contributed by atoms with van der Waals surface area (Å²) in [6, 6.07) is 1.38. The standard InChI is InChI=1S/C9H8ClF2NO2/c1-4-3-5(15-2)13-7(9(11)12)6(4)8(10)14/h3,9H,1-2H3. The van der Waals surface area contributed by atoms with Crippen LogP contribution >= 0.6 is 11.6 Å². The summed E-state index contributed by atoms with van der Waals surface area (Å²) in [5.41, 5.74) is -0.587. The first-order valence-electron chi connectivity index (χ1n) is 4.01. The Morgan fingerprint density at radius 1 is 1.60 bits per heavy atom. The molecular formula is C9H8ClF2NO2. The van der Waals surface area contributed by atoms with Gasteiger partial charge in [-0.3, -0.25) is 4.79 Å². The van der Waals surface area contributed by atoms with Gasteiger partial charge in [0.05, 0.1) is 12.7 Å². The lowest BCUT2D eigenvalue weighted by Gasteiger charge is -2.09. The van der Waals surface area contributed by atoms with Crippen LogP contribution in [0, 0.1) is 6.92 Å². The molecule has 1 heterocycles. The van der Waals surface area contributed by atoms with Gasteiger partial charge in [0, 0.05) is 6.07 Å². The van der Waals surface area contributed by atoms with Gasteiger partial charge in [-0.15, -0.1) is 0 Å². The largest absolute Gasteiger partial charge is 0.481 e. The van der Waals surface area contributed by atoms with Crippen LogP contribution in [0.1, 0.15) is 28.0 Å². The number of hydrogen-bond donors (Lipinski definition) is 0. The molecule has 0 fully saturated rings. The van der Waals surface area contributed by atoms with Crippen LogP contribution in [0.15, 0.2) is 6.07 Å². The monoisotopic (exact) mass is 235 g/mol. The summed E-state index contributed by atoms with van der Waals surface area (Å²) >= 11 is 5.20. The van der Waals surface area contributed by atoms with Gasteiger partial charge in [-0.25, -0.2) is 13.8 Å². The molecule has 0 aromatic carbocycles. The summed E-state index contributed by atoms with van der Waals surface area (Å²) in [7, 11) is 1.30. The van der Waals surface area contributed by atoms with E-state index in [0.717, 1.165) is 0 Å². The molecule has 15 heavy (non-hydrogen) atoms. The fourth-order valence-corrected chi connectivity index (χ4v) is 1.43. The van der Waals surface area contributed by atoms with Crippen molar-refractivity contribution in [3.63, 3.8) is 0 Å². The van der Waals surface area contributed by atoms with E-state index in [2.05, 4.69) is 4.98 Å². The first-order valence-corrected chi connectivity index (χ1v) is 4.38. The summed E-state index contributed by atoms with van der Waals surface area (Å²) in [4.78, 5) is 14.4.